The fraction of sp³-hybridized carbons (Fsp3) is 0.143. The number of rotatable bonds is 7. The van der Waals surface area contributed by atoms with Crippen molar-refractivity contribution in [2.75, 3.05) is 0 Å². The molecule has 0 nitrogen and oxygen atoms in total. The SMILES string of the molecule is CC(C)(C)C1=Cc2c(-c3ccccc3-c3cccc4ccccc34)cccc2[CH]1[Hf]([Cl])([Cl])([c]1cccc2c1[SiH2]c1ccccc1-2)[CH]1C(C(C)(C)C)=Cc2c(-c3ccccc3-c3cccc4ccccc34)cccc21. The zero-order valence-electron chi connectivity index (χ0n) is 43.0. The van der Waals surface area contributed by atoms with Crippen LogP contribution in [0.15, 0.2) is 223 Å². The Morgan fingerprint density at radius 3 is 1.19 bits per heavy atom. The van der Waals surface area contributed by atoms with Crippen molar-refractivity contribution in [2.45, 2.75) is 48.9 Å². The van der Waals surface area contributed by atoms with Crippen LogP contribution in [0.2, 0.25) is 0 Å². The van der Waals surface area contributed by atoms with Gasteiger partial charge in [-0.25, -0.2) is 0 Å². The first kappa shape index (κ1) is 47.6. The van der Waals surface area contributed by atoms with Crippen LogP contribution in [0.5, 0.6) is 0 Å². The average molecular weight is 1180 g/mol. The number of benzene rings is 10. The first-order chi connectivity index (χ1) is 35.7. The van der Waals surface area contributed by atoms with Crippen molar-refractivity contribution in [3.05, 3.63) is 246 Å². The van der Waals surface area contributed by atoms with Crippen LogP contribution < -0.4 is 13.7 Å². The molecule has 1 aliphatic heterocycles. The molecule has 0 radical (unpaired) electrons. The van der Waals surface area contributed by atoms with E-state index >= 15 is 0 Å². The number of fused-ring (bicyclic) bond motifs is 7. The van der Waals surface area contributed by atoms with Crippen molar-refractivity contribution in [3.8, 4) is 55.6 Å². The van der Waals surface area contributed by atoms with Gasteiger partial charge in [-0.3, -0.25) is 0 Å². The van der Waals surface area contributed by atoms with Crippen LogP contribution in [-0.2, 0) is 16.1 Å². The molecule has 361 valence electrons. The molecule has 0 aromatic heterocycles. The average Bonchev–Trinajstić information content (AvgIpc) is 4.15. The minimum atomic E-state index is -6.17. The van der Waals surface area contributed by atoms with Gasteiger partial charge in [-0.15, -0.1) is 0 Å². The molecule has 4 heteroatoms. The van der Waals surface area contributed by atoms with E-state index < -0.39 is 25.7 Å². The van der Waals surface area contributed by atoms with E-state index in [1.54, 1.807) is 0 Å². The Hall–Kier alpha value is -6.13. The van der Waals surface area contributed by atoms with Gasteiger partial charge < -0.3 is 0 Å². The van der Waals surface area contributed by atoms with Crippen molar-refractivity contribution in [1.29, 1.82) is 0 Å². The van der Waals surface area contributed by atoms with Crippen LogP contribution in [-0.4, -0.2) is 9.52 Å². The Balaban J connectivity index is 1.10. The van der Waals surface area contributed by atoms with E-state index in [2.05, 4.69) is 266 Å². The predicted octanol–water partition coefficient (Wildman–Crippen LogP) is 17.8. The summed E-state index contributed by atoms with van der Waals surface area (Å²) in [6.07, 6.45) is 5.08. The predicted molar refractivity (Wildman–Crippen MR) is 321 cm³/mol. The second-order valence-corrected chi connectivity index (χ2v) is 54.2. The van der Waals surface area contributed by atoms with E-state index in [1.165, 1.54) is 124 Å². The first-order valence-corrected chi connectivity index (χ1v) is 42.6. The summed E-state index contributed by atoms with van der Waals surface area (Å²) >= 11 is -6.17. The molecular weight excluding hydrogens is 1120 g/mol. The van der Waals surface area contributed by atoms with Crippen molar-refractivity contribution >= 4 is 74.1 Å². The third-order valence-electron chi connectivity index (χ3n) is 16.9. The van der Waals surface area contributed by atoms with Crippen LogP contribution >= 0.6 is 17.2 Å². The molecule has 0 spiro atoms. The molecule has 13 rings (SSSR count). The van der Waals surface area contributed by atoms with Gasteiger partial charge in [0.1, 0.15) is 0 Å². The van der Waals surface area contributed by atoms with Crippen molar-refractivity contribution < 1.29 is 16.1 Å². The maximum absolute atomic E-state index is 9.72. The second-order valence-electron chi connectivity index (χ2n) is 23.1. The fourth-order valence-electron chi connectivity index (χ4n) is 13.6. The minimum absolute atomic E-state index is 0.229. The second kappa shape index (κ2) is 17.5. The van der Waals surface area contributed by atoms with E-state index in [9.17, 15) is 17.2 Å². The van der Waals surface area contributed by atoms with Gasteiger partial charge in [0.25, 0.3) is 0 Å². The molecule has 2 atom stereocenters. The Bertz CT molecular complexity index is 3810. The van der Waals surface area contributed by atoms with Gasteiger partial charge in [-0.05, 0) is 0 Å². The summed E-state index contributed by atoms with van der Waals surface area (Å²) in [5.74, 6) is 0. The topological polar surface area (TPSA) is 0 Å². The standard InChI is InChI=1S/2C29H25.C12H9Si.2ClH.Hf/c2*1-29(2,3)22-18-21-12-9-17-27(28(21)19-22)26-15-7-6-14-25(26)24-16-8-11-20-10-4-5-13-23(20)24;1-3-7-11-9(5-1)10-6-2-4-8-12(10)13-11;;;/h2*4-19H,1-3H3;1-7H,13H2;2*1H;/q;;;;;+2/p-2. The summed E-state index contributed by atoms with van der Waals surface area (Å²) in [5, 5.41) is 7.88. The molecule has 0 saturated heterocycles. The molecule has 0 bridgehead atoms. The van der Waals surface area contributed by atoms with Crippen LogP contribution in [0, 0.1) is 10.8 Å². The normalized spacial score (nSPS) is 16.8. The van der Waals surface area contributed by atoms with Crippen LogP contribution in [0.1, 0.15) is 71.1 Å². The van der Waals surface area contributed by atoms with Crippen LogP contribution in [0.25, 0.3) is 89.3 Å². The number of allylic oxidation sites excluding steroid dienone is 2. The molecule has 2 aliphatic carbocycles. The molecule has 0 saturated carbocycles. The molecule has 74 heavy (non-hydrogen) atoms. The number of hydrogen-bond acceptors (Lipinski definition) is 0. The summed E-state index contributed by atoms with van der Waals surface area (Å²) in [4.78, 5) is 0. The Morgan fingerprint density at radius 2 is 0.703 bits per heavy atom. The van der Waals surface area contributed by atoms with Crippen molar-refractivity contribution in [3.63, 3.8) is 0 Å². The Labute approximate surface area is 447 Å². The third kappa shape index (κ3) is 7.30. The zero-order chi connectivity index (χ0) is 50.8. The first-order valence-electron chi connectivity index (χ1n) is 26.3. The molecule has 1 heterocycles. The Morgan fingerprint density at radius 1 is 0.351 bits per heavy atom. The van der Waals surface area contributed by atoms with Crippen LogP contribution in [0.3, 0.4) is 0 Å². The van der Waals surface area contributed by atoms with Crippen LogP contribution in [0.4, 0.5) is 0 Å². The maximum atomic E-state index is 9.72. The molecule has 2 unspecified atom stereocenters. The van der Waals surface area contributed by atoms with Gasteiger partial charge in [0.2, 0.25) is 0 Å². The summed E-state index contributed by atoms with van der Waals surface area (Å²) in [5.41, 5.74) is 19.5. The van der Waals surface area contributed by atoms with Gasteiger partial charge in [-0.2, -0.15) is 0 Å². The van der Waals surface area contributed by atoms with E-state index in [0.29, 0.717) is 0 Å². The summed E-state index contributed by atoms with van der Waals surface area (Å²) in [6, 6.07) is 79.0. The molecule has 3 aliphatic rings. The van der Waals surface area contributed by atoms with Crippen molar-refractivity contribution in [1.82, 2.24) is 0 Å². The summed E-state index contributed by atoms with van der Waals surface area (Å²) in [6.45, 7) is 14.3. The molecule has 10 aromatic rings. The van der Waals surface area contributed by atoms with Gasteiger partial charge in [0.05, 0.1) is 0 Å². The van der Waals surface area contributed by atoms with E-state index in [-0.39, 0.29) is 18.2 Å². The summed E-state index contributed by atoms with van der Waals surface area (Å²) in [7, 11) is 18.5. The molecule has 0 fully saturated rings. The van der Waals surface area contributed by atoms with Gasteiger partial charge in [-0.1, -0.05) is 0 Å². The van der Waals surface area contributed by atoms with E-state index in [4.69, 9.17) is 0 Å². The Kier molecular flexibility index (Phi) is 11.2. The summed E-state index contributed by atoms with van der Waals surface area (Å²) < 4.78 is 0.801. The monoisotopic (exact) mass is 1180 g/mol. The van der Waals surface area contributed by atoms with Gasteiger partial charge in [0, 0.05) is 0 Å². The molecule has 0 amide bonds. The van der Waals surface area contributed by atoms with Gasteiger partial charge in [0.15, 0.2) is 0 Å². The third-order valence-corrected chi connectivity index (χ3v) is 48.2. The van der Waals surface area contributed by atoms with Gasteiger partial charge >= 0.3 is 451 Å². The fourth-order valence-corrected chi connectivity index (χ4v) is 53.3. The van der Waals surface area contributed by atoms with E-state index in [0.717, 1.165) is 0 Å². The zero-order valence-corrected chi connectivity index (χ0v) is 49.5. The molecule has 0 N–H and O–H groups in total. The molecular formula is C70H59Cl2HfSi. The van der Waals surface area contributed by atoms with E-state index in [1.807, 2.05) is 0 Å². The number of halogens is 2. The molecule has 10 aromatic carbocycles. The quantitative estimate of drug-likeness (QED) is 0.140. The van der Waals surface area contributed by atoms with Crippen molar-refractivity contribution in [2.24, 2.45) is 10.8 Å². The number of hydrogen-bond donors (Lipinski definition) is 0.